The lowest BCUT2D eigenvalue weighted by molar-refractivity contribution is -0.123. The summed E-state index contributed by atoms with van der Waals surface area (Å²) >= 11 is 3.33. The van der Waals surface area contributed by atoms with Crippen LogP contribution < -0.4 is 11.1 Å². The van der Waals surface area contributed by atoms with Gasteiger partial charge in [0.2, 0.25) is 5.91 Å². The number of amides is 1. The summed E-state index contributed by atoms with van der Waals surface area (Å²) < 4.78 is 0.897. The Balaban J connectivity index is 2.12. The predicted octanol–water partition coefficient (Wildman–Crippen LogP) is 1.97. The third kappa shape index (κ3) is 2.10. The molecule has 3 N–H and O–H groups in total. The zero-order valence-corrected chi connectivity index (χ0v) is 10.7. The second-order valence-corrected chi connectivity index (χ2v) is 5.20. The summed E-state index contributed by atoms with van der Waals surface area (Å²) in [6, 6.07) is 1.91. The quantitative estimate of drug-likeness (QED) is 0.872. The Labute approximate surface area is 103 Å². The summed E-state index contributed by atoms with van der Waals surface area (Å²) in [5.74, 6) is 0.460. The predicted molar refractivity (Wildman–Crippen MR) is 66.1 cm³/mol. The first-order chi connectivity index (χ1) is 7.51. The molecular formula is C11H14BrN3O. The van der Waals surface area contributed by atoms with E-state index >= 15 is 0 Å². The van der Waals surface area contributed by atoms with E-state index in [1.165, 1.54) is 0 Å². The molecule has 2 rings (SSSR count). The zero-order chi connectivity index (χ0) is 11.8. The van der Waals surface area contributed by atoms with Gasteiger partial charge in [-0.2, -0.15) is 0 Å². The molecule has 1 aromatic heterocycles. The number of rotatable bonds is 2. The van der Waals surface area contributed by atoms with Crippen LogP contribution in [-0.4, -0.2) is 16.4 Å². The summed E-state index contributed by atoms with van der Waals surface area (Å²) in [6.45, 7) is 1.90. The Morgan fingerprint density at radius 2 is 2.31 bits per heavy atom. The van der Waals surface area contributed by atoms with E-state index < -0.39 is 5.54 Å². The molecule has 0 aromatic carbocycles. The second-order valence-electron chi connectivity index (χ2n) is 4.28. The molecule has 1 saturated carbocycles. The number of hydrogen-bond acceptors (Lipinski definition) is 3. The first kappa shape index (κ1) is 11.5. The van der Waals surface area contributed by atoms with Crippen molar-refractivity contribution < 1.29 is 4.79 Å². The molecule has 1 aliphatic carbocycles. The van der Waals surface area contributed by atoms with Crippen molar-refractivity contribution in [2.45, 2.75) is 31.7 Å². The summed E-state index contributed by atoms with van der Waals surface area (Å²) in [4.78, 5) is 16.0. The van der Waals surface area contributed by atoms with Crippen molar-refractivity contribution in [2.24, 2.45) is 5.73 Å². The van der Waals surface area contributed by atoms with Gasteiger partial charge in [-0.1, -0.05) is 0 Å². The number of nitrogens with two attached hydrogens (primary N) is 1. The fraction of sp³-hybridized carbons (Fsp3) is 0.455. The lowest BCUT2D eigenvalue weighted by Crippen LogP contribution is -2.56. The van der Waals surface area contributed by atoms with E-state index in [4.69, 9.17) is 5.73 Å². The normalized spacial score (nSPS) is 17.7. The molecule has 0 aliphatic heterocycles. The first-order valence-electron chi connectivity index (χ1n) is 5.24. The van der Waals surface area contributed by atoms with Gasteiger partial charge in [-0.25, -0.2) is 4.98 Å². The molecule has 1 aromatic rings. The number of carbonyl (C=O) groups is 1. The van der Waals surface area contributed by atoms with E-state index in [0.717, 1.165) is 29.3 Å². The van der Waals surface area contributed by atoms with Crippen molar-refractivity contribution in [3.05, 3.63) is 22.3 Å². The lowest BCUT2D eigenvalue weighted by atomic mass is 9.77. The Bertz CT molecular complexity index is 429. The number of aromatic nitrogens is 1. The Morgan fingerprint density at radius 3 is 2.81 bits per heavy atom. The van der Waals surface area contributed by atoms with Crippen LogP contribution in [0, 0.1) is 6.92 Å². The number of nitrogens with zero attached hydrogens (tertiary/aromatic N) is 1. The molecule has 86 valence electrons. The van der Waals surface area contributed by atoms with Crippen molar-refractivity contribution in [1.82, 2.24) is 4.98 Å². The van der Waals surface area contributed by atoms with Crippen LogP contribution in [0.15, 0.2) is 16.7 Å². The molecule has 1 amide bonds. The van der Waals surface area contributed by atoms with Crippen LogP contribution in [0.25, 0.3) is 0 Å². The third-order valence-corrected chi connectivity index (χ3v) is 3.41. The van der Waals surface area contributed by atoms with E-state index in [0.29, 0.717) is 5.82 Å². The molecule has 0 bridgehead atoms. The fourth-order valence-electron chi connectivity index (χ4n) is 1.69. The molecular weight excluding hydrogens is 270 g/mol. The minimum atomic E-state index is -0.679. The molecule has 0 atom stereocenters. The van der Waals surface area contributed by atoms with Crippen LogP contribution in [0.4, 0.5) is 5.82 Å². The summed E-state index contributed by atoms with van der Waals surface area (Å²) in [5.41, 5.74) is 6.17. The van der Waals surface area contributed by atoms with E-state index in [1.54, 1.807) is 6.20 Å². The highest BCUT2D eigenvalue weighted by molar-refractivity contribution is 9.10. The SMILES string of the molecule is Cc1cc(Br)cnc1NC(=O)C1(N)CCC1. The number of nitrogens with one attached hydrogen (secondary N) is 1. The van der Waals surface area contributed by atoms with Gasteiger partial charge in [0.15, 0.2) is 0 Å². The summed E-state index contributed by atoms with van der Waals surface area (Å²) in [5, 5.41) is 2.78. The van der Waals surface area contributed by atoms with Gasteiger partial charge in [0, 0.05) is 10.7 Å². The molecule has 0 unspecified atom stereocenters. The van der Waals surface area contributed by atoms with Gasteiger partial charge in [0.1, 0.15) is 5.82 Å². The largest absolute Gasteiger partial charge is 0.317 e. The minimum absolute atomic E-state index is 0.128. The van der Waals surface area contributed by atoms with Crippen molar-refractivity contribution in [3.63, 3.8) is 0 Å². The Morgan fingerprint density at radius 1 is 1.62 bits per heavy atom. The second kappa shape index (κ2) is 4.14. The molecule has 1 heterocycles. The van der Waals surface area contributed by atoms with Crippen LogP contribution in [0.3, 0.4) is 0 Å². The van der Waals surface area contributed by atoms with Gasteiger partial charge in [-0.15, -0.1) is 0 Å². The fourth-order valence-corrected chi connectivity index (χ4v) is 2.13. The van der Waals surface area contributed by atoms with E-state index in [9.17, 15) is 4.79 Å². The highest BCUT2D eigenvalue weighted by Crippen LogP contribution is 2.30. The van der Waals surface area contributed by atoms with Crippen molar-refractivity contribution >= 4 is 27.7 Å². The molecule has 1 aliphatic rings. The standard InChI is InChI=1S/C11H14BrN3O/c1-7-5-8(12)6-14-9(7)15-10(16)11(13)3-2-4-11/h5-6H,2-4,13H2,1H3,(H,14,15,16). The van der Waals surface area contributed by atoms with Crippen molar-refractivity contribution in [1.29, 1.82) is 0 Å². The van der Waals surface area contributed by atoms with Crippen molar-refractivity contribution in [2.75, 3.05) is 5.32 Å². The number of halogens is 1. The van der Waals surface area contributed by atoms with Gasteiger partial charge in [-0.05, 0) is 53.7 Å². The highest BCUT2D eigenvalue weighted by Gasteiger charge is 2.40. The molecule has 16 heavy (non-hydrogen) atoms. The minimum Gasteiger partial charge on any atom is -0.317 e. The van der Waals surface area contributed by atoms with Crippen LogP contribution >= 0.6 is 15.9 Å². The number of pyridine rings is 1. The van der Waals surface area contributed by atoms with Crippen LogP contribution in [-0.2, 0) is 4.79 Å². The zero-order valence-electron chi connectivity index (χ0n) is 9.09. The average molecular weight is 284 g/mol. The Hall–Kier alpha value is -0.940. The number of anilines is 1. The number of aryl methyl sites for hydroxylation is 1. The van der Waals surface area contributed by atoms with E-state index in [-0.39, 0.29) is 5.91 Å². The van der Waals surface area contributed by atoms with Crippen LogP contribution in [0.1, 0.15) is 24.8 Å². The van der Waals surface area contributed by atoms with E-state index in [1.807, 2.05) is 13.0 Å². The monoisotopic (exact) mass is 283 g/mol. The Kier molecular flexibility index (Phi) is 2.99. The van der Waals surface area contributed by atoms with Gasteiger partial charge >= 0.3 is 0 Å². The van der Waals surface area contributed by atoms with Gasteiger partial charge in [-0.3, -0.25) is 4.79 Å². The smallest absolute Gasteiger partial charge is 0.245 e. The summed E-state index contributed by atoms with van der Waals surface area (Å²) in [7, 11) is 0. The van der Waals surface area contributed by atoms with Gasteiger partial charge in [0.25, 0.3) is 0 Å². The maximum atomic E-state index is 11.9. The van der Waals surface area contributed by atoms with Gasteiger partial charge in [0.05, 0.1) is 5.54 Å². The van der Waals surface area contributed by atoms with E-state index in [2.05, 4.69) is 26.2 Å². The maximum Gasteiger partial charge on any atom is 0.245 e. The number of hydrogen-bond donors (Lipinski definition) is 2. The average Bonchev–Trinajstić information content (AvgIpc) is 2.18. The highest BCUT2D eigenvalue weighted by atomic mass is 79.9. The summed E-state index contributed by atoms with van der Waals surface area (Å²) in [6.07, 6.45) is 4.20. The maximum absolute atomic E-state index is 11.9. The number of carbonyl (C=O) groups excluding carboxylic acids is 1. The molecule has 4 nitrogen and oxygen atoms in total. The molecule has 0 radical (unpaired) electrons. The first-order valence-corrected chi connectivity index (χ1v) is 6.03. The lowest BCUT2D eigenvalue weighted by Gasteiger charge is -2.36. The van der Waals surface area contributed by atoms with Crippen molar-refractivity contribution in [3.8, 4) is 0 Å². The third-order valence-electron chi connectivity index (χ3n) is 2.97. The van der Waals surface area contributed by atoms with Gasteiger partial charge < -0.3 is 11.1 Å². The molecule has 1 fully saturated rings. The molecule has 0 spiro atoms. The topological polar surface area (TPSA) is 68.0 Å². The van der Waals surface area contributed by atoms with Crippen LogP contribution in [0.5, 0.6) is 0 Å². The molecule has 5 heteroatoms. The van der Waals surface area contributed by atoms with Crippen LogP contribution in [0.2, 0.25) is 0 Å². The molecule has 0 saturated heterocycles.